The van der Waals surface area contributed by atoms with Gasteiger partial charge in [-0.25, -0.2) is 4.84 Å². The quantitative estimate of drug-likeness (QED) is 0.415. The Kier molecular flexibility index (Phi) is 3.82. The number of hydrogen-bond acceptors (Lipinski definition) is 1. The summed E-state index contributed by atoms with van der Waals surface area (Å²) in [5.41, 5.74) is 0. The van der Waals surface area contributed by atoms with Crippen LogP contribution in [-0.2, 0) is 4.84 Å². The van der Waals surface area contributed by atoms with Gasteiger partial charge in [0.15, 0.2) is 0 Å². The van der Waals surface area contributed by atoms with Crippen LogP contribution in [0.4, 0.5) is 0 Å². The topological polar surface area (TPSA) is 9.23 Å². The Morgan fingerprint density at radius 3 is 2.22 bits per heavy atom. The van der Waals surface area contributed by atoms with E-state index in [2.05, 4.69) is 21.0 Å². The van der Waals surface area contributed by atoms with Crippen LogP contribution in [0.3, 0.4) is 0 Å². The highest BCUT2D eigenvalue weighted by Gasteiger charge is 2.11. The average molecular weight is 132 g/mol. The first kappa shape index (κ1) is 8.92. The molecule has 0 amide bonds. The average Bonchev–Trinajstić information content (AvgIpc) is 1.84. The minimum absolute atomic E-state index is 0.674. The molecule has 2 nitrogen and oxygen atoms in total. The summed E-state index contributed by atoms with van der Waals surface area (Å²) < 4.78 is 0.674. The molecule has 0 rings (SSSR count). The Morgan fingerprint density at radius 2 is 1.89 bits per heavy atom. The summed E-state index contributed by atoms with van der Waals surface area (Å²) in [6.07, 6.45) is 2.48. The molecule has 0 radical (unpaired) electrons. The Hall–Kier alpha value is -0.0800. The standard InChI is InChI=1S/C7H18NO/c1-5-6-7-8(2,3)9-4/h5-7H2,1-4H3/q+1. The molecular weight excluding hydrogens is 114 g/mol. The summed E-state index contributed by atoms with van der Waals surface area (Å²) in [5, 5.41) is 0. The normalized spacial score (nSPS) is 12.0. The van der Waals surface area contributed by atoms with Gasteiger partial charge in [-0.1, -0.05) is 13.3 Å². The van der Waals surface area contributed by atoms with E-state index in [-0.39, 0.29) is 0 Å². The van der Waals surface area contributed by atoms with Gasteiger partial charge in [0.1, 0.15) is 6.54 Å². The Bertz CT molecular complexity index is 71.3. The molecule has 9 heavy (non-hydrogen) atoms. The largest absolute Gasteiger partial charge is 0.207 e. The zero-order valence-electron chi connectivity index (χ0n) is 6.98. The van der Waals surface area contributed by atoms with Crippen molar-refractivity contribution in [1.82, 2.24) is 0 Å². The summed E-state index contributed by atoms with van der Waals surface area (Å²) in [6, 6.07) is 0. The zero-order valence-corrected chi connectivity index (χ0v) is 6.98. The van der Waals surface area contributed by atoms with E-state index >= 15 is 0 Å². The maximum Gasteiger partial charge on any atom is 0.108 e. The summed E-state index contributed by atoms with van der Waals surface area (Å²) in [7, 11) is 5.88. The third-order valence-corrected chi connectivity index (χ3v) is 1.54. The molecule has 0 saturated carbocycles. The number of nitrogens with zero attached hydrogens (tertiary/aromatic N) is 1. The highest BCUT2D eigenvalue weighted by Crippen LogP contribution is 1.99. The second-order valence-corrected chi connectivity index (χ2v) is 2.83. The van der Waals surface area contributed by atoms with Crippen molar-refractivity contribution in [3.8, 4) is 0 Å². The molecule has 0 bridgehead atoms. The van der Waals surface area contributed by atoms with Crippen molar-refractivity contribution >= 4 is 0 Å². The predicted octanol–water partition coefficient (Wildman–Crippen LogP) is 1.42. The zero-order chi connectivity index (χ0) is 7.33. The van der Waals surface area contributed by atoms with Crippen LogP contribution in [0.25, 0.3) is 0 Å². The molecular formula is C7H18NO+. The summed E-state index contributed by atoms with van der Waals surface area (Å²) in [6.45, 7) is 3.29. The molecule has 0 fully saturated rings. The molecule has 0 heterocycles. The first-order chi connectivity index (χ1) is 4.12. The van der Waals surface area contributed by atoms with Crippen molar-refractivity contribution in [3.63, 3.8) is 0 Å². The fourth-order valence-electron chi connectivity index (χ4n) is 0.630. The maximum absolute atomic E-state index is 5.18. The van der Waals surface area contributed by atoms with Crippen molar-refractivity contribution in [1.29, 1.82) is 0 Å². The molecule has 2 heteroatoms. The first-order valence-electron chi connectivity index (χ1n) is 3.51. The van der Waals surface area contributed by atoms with E-state index in [1.165, 1.54) is 12.8 Å². The van der Waals surface area contributed by atoms with E-state index in [1.807, 2.05) is 0 Å². The van der Waals surface area contributed by atoms with Crippen LogP contribution < -0.4 is 0 Å². The molecule has 0 aliphatic heterocycles. The summed E-state index contributed by atoms with van der Waals surface area (Å²) in [4.78, 5) is 5.18. The number of rotatable bonds is 4. The van der Waals surface area contributed by atoms with Gasteiger partial charge in [-0.05, 0) is 6.42 Å². The summed E-state index contributed by atoms with van der Waals surface area (Å²) >= 11 is 0. The van der Waals surface area contributed by atoms with E-state index in [4.69, 9.17) is 4.84 Å². The van der Waals surface area contributed by atoms with Crippen molar-refractivity contribution < 1.29 is 9.48 Å². The smallest absolute Gasteiger partial charge is 0.108 e. The van der Waals surface area contributed by atoms with Crippen LogP contribution in [0.15, 0.2) is 0 Å². The highest BCUT2D eigenvalue weighted by atomic mass is 16.7. The van der Waals surface area contributed by atoms with Gasteiger partial charge in [0.2, 0.25) is 0 Å². The van der Waals surface area contributed by atoms with Crippen molar-refractivity contribution in [2.24, 2.45) is 0 Å². The minimum atomic E-state index is 0.674. The van der Waals surface area contributed by atoms with Crippen molar-refractivity contribution in [2.75, 3.05) is 27.7 Å². The Morgan fingerprint density at radius 1 is 1.33 bits per heavy atom. The maximum atomic E-state index is 5.18. The van der Waals surface area contributed by atoms with Crippen molar-refractivity contribution in [3.05, 3.63) is 0 Å². The lowest BCUT2D eigenvalue weighted by Gasteiger charge is -2.24. The Balaban J connectivity index is 3.33. The molecule has 56 valence electrons. The van der Waals surface area contributed by atoms with E-state index in [9.17, 15) is 0 Å². The molecule has 0 unspecified atom stereocenters. The minimum Gasteiger partial charge on any atom is -0.207 e. The van der Waals surface area contributed by atoms with Gasteiger partial charge >= 0.3 is 0 Å². The van der Waals surface area contributed by atoms with E-state index < -0.39 is 0 Å². The molecule has 0 aromatic rings. The number of unbranched alkanes of at least 4 members (excludes halogenated alkanes) is 1. The first-order valence-corrected chi connectivity index (χ1v) is 3.51. The number of quaternary nitrogens is 1. The van der Waals surface area contributed by atoms with Crippen LogP contribution in [0.1, 0.15) is 19.8 Å². The van der Waals surface area contributed by atoms with E-state index in [0.717, 1.165) is 6.54 Å². The van der Waals surface area contributed by atoms with Gasteiger partial charge in [0.05, 0.1) is 21.2 Å². The Labute approximate surface area is 58.0 Å². The molecule has 0 aromatic heterocycles. The van der Waals surface area contributed by atoms with Gasteiger partial charge in [0, 0.05) is 0 Å². The monoisotopic (exact) mass is 132 g/mol. The highest BCUT2D eigenvalue weighted by molar-refractivity contribution is 4.27. The van der Waals surface area contributed by atoms with Gasteiger partial charge in [-0.15, -0.1) is 0 Å². The third kappa shape index (κ3) is 4.43. The van der Waals surface area contributed by atoms with E-state index in [0.29, 0.717) is 4.65 Å². The molecule has 0 spiro atoms. The van der Waals surface area contributed by atoms with Crippen LogP contribution in [0, 0.1) is 0 Å². The van der Waals surface area contributed by atoms with Crippen LogP contribution in [0.2, 0.25) is 0 Å². The molecule has 0 saturated heterocycles. The fraction of sp³-hybridized carbons (Fsp3) is 1.00. The second-order valence-electron chi connectivity index (χ2n) is 2.83. The van der Waals surface area contributed by atoms with Crippen LogP contribution >= 0.6 is 0 Å². The predicted molar refractivity (Wildman–Crippen MR) is 38.9 cm³/mol. The van der Waals surface area contributed by atoms with Gasteiger partial charge in [-0.2, -0.15) is 4.65 Å². The molecule has 0 aliphatic carbocycles. The molecule has 0 atom stereocenters. The third-order valence-electron chi connectivity index (χ3n) is 1.54. The van der Waals surface area contributed by atoms with Gasteiger partial charge < -0.3 is 0 Å². The van der Waals surface area contributed by atoms with Crippen LogP contribution in [0.5, 0.6) is 0 Å². The lowest BCUT2D eigenvalue weighted by Crippen LogP contribution is -2.38. The SMILES string of the molecule is CCCC[N+](C)(C)OC. The number of hydroxylamine groups is 3. The summed E-state index contributed by atoms with van der Waals surface area (Å²) in [5.74, 6) is 0. The van der Waals surface area contributed by atoms with Gasteiger partial charge in [0.25, 0.3) is 0 Å². The molecule has 0 N–H and O–H groups in total. The van der Waals surface area contributed by atoms with E-state index in [1.54, 1.807) is 7.11 Å². The van der Waals surface area contributed by atoms with Crippen LogP contribution in [-0.4, -0.2) is 32.4 Å². The molecule has 0 aromatic carbocycles. The van der Waals surface area contributed by atoms with Gasteiger partial charge in [-0.3, -0.25) is 0 Å². The lowest BCUT2D eigenvalue weighted by atomic mass is 10.3. The second kappa shape index (κ2) is 3.85. The molecule has 0 aliphatic rings. The van der Waals surface area contributed by atoms with Crippen molar-refractivity contribution in [2.45, 2.75) is 19.8 Å². The number of hydrogen-bond donors (Lipinski definition) is 0. The lowest BCUT2D eigenvalue weighted by molar-refractivity contribution is -1.07. The fourth-order valence-corrected chi connectivity index (χ4v) is 0.630.